The molecule has 0 spiro atoms. The zero-order chi connectivity index (χ0) is 19.2. The van der Waals surface area contributed by atoms with Crippen LogP contribution in [0, 0.1) is 5.82 Å². The zero-order valence-electron chi connectivity index (χ0n) is 13.6. The number of benzene rings is 2. The summed E-state index contributed by atoms with van der Waals surface area (Å²) in [6.07, 6.45) is -3.53. The van der Waals surface area contributed by atoms with Crippen LogP contribution in [0.2, 0.25) is 0 Å². The van der Waals surface area contributed by atoms with Gasteiger partial charge in [-0.3, -0.25) is 9.59 Å². The fraction of sp³-hybridized carbons (Fsp3) is 0.222. The minimum atomic E-state index is -4.96. The first kappa shape index (κ1) is 19.4. The molecule has 0 fully saturated rings. The van der Waals surface area contributed by atoms with E-state index in [0.29, 0.717) is 18.5 Å². The molecule has 138 valence electrons. The van der Waals surface area contributed by atoms with Crippen LogP contribution in [0.25, 0.3) is 0 Å². The monoisotopic (exact) mass is 368 g/mol. The van der Waals surface area contributed by atoms with E-state index < -0.39 is 12.1 Å². The molecule has 2 rings (SSSR count). The number of hydrogen-bond acceptors (Lipinski definition) is 2. The van der Waals surface area contributed by atoms with Gasteiger partial charge in [-0.05, 0) is 54.8 Å². The summed E-state index contributed by atoms with van der Waals surface area (Å²) in [5.41, 5.74) is 1.30. The van der Waals surface area contributed by atoms with E-state index in [4.69, 9.17) is 0 Å². The van der Waals surface area contributed by atoms with Crippen LogP contribution in [0.5, 0.6) is 0 Å². The Bertz CT molecular complexity index is 756. The molecule has 2 N–H and O–H groups in total. The maximum Gasteiger partial charge on any atom is 0.471 e. The molecule has 0 bridgehead atoms. The first-order valence-corrected chi connectivity index (χ1v) is 7.76. The second-order valence-corrected chi connectivity index (χ2v) is 5.56. The second kappa shape index (κ2) is 8.46. The van der Waals surface area contributed by atoms with Gasteiger partial charge in [-0.1, -0.05) is 12.1 Å². The van der Waals surface area contributed by atoms with Gasteiger partial charge in [0.2, 0.25) is 5.91 Å². The molecule has 26 heavy (non-hydrogen) atoms. The van der Waals surface area contributed by atoms with Gasteiger partial charge in [0, 0.05) is 17.8 Å². The zero-order valence-corrected chi connectivity index (χ0v) is 13.6. The van der Waals surface area contributed by atoms with Gasteiger partial charge in [0.1, 0.15) is 5.82 Å². The first-order valence-electron chi connectivity index (χ1n) is 7.76. The predicted octanol–water partition coefficient (Wildman–Crippen LogP) is 4.29. The van der Waals surface area contributed by atoms with Crippen LogP contribution in [0.4, 0.5) is 28.9 Å². The number of carbonyl (C=O) groups is 2. The predicted molar refractivity (Wildman–Crippen MR) is 89.1 cm³/mol. The van der Waals surface area contributed by atoms with E-state index in [2.05, 4.69) is 5.32 Å². The van der Waals surface area contributed by atoms with Crippen molar-refractivity contribution in [1.82, 2.24) is 0 Å². The quantitative estimate of drug-likeness (QED) is 0.748. The van der Waals surface area contributed by atoms with Crippen LogP contribution in [-0.4, -0.2) is 18.0 Å². The van der Waals surface area contributed by atoms with Gasteiger partial charge < -0.3 is 10.6 Å². The number of halogens is 4. The third-order valence-electron chi connectivity index (χ3n) is 3.47. The highest BCUT2D eigenvalue weighted by molar-refractivity contribution is 5.95. The number of rotatable bonds is 6. The third kappa shape index (κ3) is 6.19. The Kier molecular flexibility index (Phi) is 6.32. The molecular formula is C18H16F4N2O2. The number of nitrogens with one attached hydrogen (secondary N) is 2. The van der Waals surface area contributed by atoms with Crippen molar-refractivity contribution in [3.63, 3.8) is 0 Å². The van der Waals surface area contributed by atoms with Crippen molar-refractivity contribution in [3.8, 4) is 0 Å². The lowest BCUT2D eigenvalue weighted by Gasteiger charge is -2.09. The number of anilines is 2. The molecule has 2 aromatic rings. The van der Waals surface area contributed by atoms with Crippen molar-refractivity contribution in [1.29, 1.82) is 0 Å². The van der Waals surface area contributed by atoms with Crippen LogP contribution in [-0.2, 0) is 16.0 Å². The van der Waals surface area contributed by atoms with E-state index in [9.17, 15) is 27.2 Å². The molecule has 0 saturated carbocycles. The summed E-state index contributed by atoms with van der Waals surface area (Å²) in [5.74, 6) is -2.63. The number of carbonyl (C=O) groups excluding carboxylic acids is 2. The average Bonchev–Trinajstić information content (AvgIpc) is 2.57. The molecule has 0 aliphatic heterocycles. The lowest BCUT2D eigenvalue weighted by Crippen LogP contribution is -2.29. The fourth-order valence-corrected chi connectivity index (χ4v) is 2.17. The maximum absolute atomic E-state index is 12.8. The van der Waals surface area contributed by atoms with Crippen molar-refractivity contribution >= 4 is 23.2 Å². The summed E-state index contributed by atoms with van der Waals surface area (Å²) in [6, 6.07) is 11.3. The van der Waals surface area contributed by atoms with Gasteiger partial charge >= 0.3 is 12.1 Å². The van der Waals surface area contributed by atoms with Gasteiger partial charge in [-0.25, -0.2) is 4.39 Å². The van der Waals surface area contributed by atoms with E-state index >= 15 is 0 Å². The van der Waals surface area contributed by atoms with Gasteiger partial charge in [-0.2, -0.15) is 13.2 Å². The number of amides is 2. The van der Waals surface area contributed by atoms with Crippen LogP contribution < -0.4 is 10.6 Å². The second-order valence-electron chi connectivity index (χ2n) is 5.56. The summed E-state index contributed by atoms with van der Waals surface area (Å²) in [6.45, 7) is 0. The molecule has 0 radical (unpaired) electrons. The Morgan fingerprint density at radius 2 is 1.38 bits per heavy atom. The number of alkyl halides is 3. The van der Waals surface area contributed by atoms with E-state index in [1.807, 2.05) is 0 Å². The number of hydrogen-bond donors (Lipinski definition) is 2. The molecular weight excluding hydrogens is 352 g/mol. The van der Waals surface area contributed by atoms with Crippen LogP contribution in [0.1, 0.15) is 18.4 Å². The van der Waals surface area contributed by atoms with Gasteiger partial charge in [0.05, 0.1) is 0 Å². The summed E-state index contributed by atoms with van der Waals surface area (Å²) >= 11 is 0. The third-order valence-corrected chi connectivity index (χ3v) is 3.47. The first-order chi connectivity index (χ1) is 12.2. The van der Waals surface area contributed by atoms with Crippen LogP contribution >= 0.6 is 0 Å². The molecule has 0 aromatic heterocycles. The molecule has 4 nitrogen and oxygen atoms in total. The maximum atomic E-state index is 12.8. The molecule has 0 unspecified atom stereocenters. The SMILES string of the molecule is O=C(CCCc1ccc(F)cc1)Nc1ccc(NC(=O)C(F)(F)F)cc1. The van der Waals surface area contributed by atoms with Crippen molar-refractivity contribution in [2.45, 2.75) is 25.4 Å². The van der Waals surface area contributed by atoms with E-state index in [0.717, 1.165) is 5.56 Å². The van der Waals surface area contributed by atoms with Crippen LogP contribution in [0.3, 0.4) is 0 Å². The molecule has 0 saturated heterocycles. The van der Waals surface area contributed by atoms with E-state index in [-0.39, 0.29) is 23.8 Å². The smallest absolute Gasteiger partial charge is 0.326 e. The van der Waals surface area contributed by atoms with Crippen LogP contribution in [0.15, 0.2) is 48.5 Å². The Morgan fingerprint density at radius 1 is 0.846 bits per heavy atom. The molecule has 2 amide bonds. The largest absolute Gasteiger partial charge is 0.471 e. The van der Waals surface area contributed by atoms with Gasteiger partial charge in [0.15, 0.2) is 0 Å². The van der Waals surface area contributed by atoms with Gasteiger partial charge in [-0.15, -0.1) is 0 Å². The summed E-state index contributed by atoms with van der Waals surface area (Å²) in [7, 11) is 0. The Morgan fingerprint density at radius 3 is 1.92 bits per heavy atom. The Hall–Kier alpha value is -2.90. The van der Waals surface area contributed by atoms with E-state index in [1.54, 1.807) is 17.4 Å². The molecule has 0 aliphatic carbocycles. The van der Waals surface area contributed by atoms with E-state index in [1.165, 1.54) is 36.4 Å². The Labute approximate surface area is 147 Å². The molecule has 8 heteroatoms. The topological polar surface area (TPSA) is 58.2 Å². The average molecular weight is 368 g/mol. The van der Waals surface area contributed by atoms with Crippen molar-refractivity contribution < 1.29 is 27.2 Å². The summed E-state index contributed by atoms with van der Waals surface area (Å²) in [4.78, 5) is 22.7. The lowest BCUT2D eigenvalue weighted by atomic mass is 10.1. The molecule has 0 heterocycles. The highest BCUT2D eigenvalue weighted by Crippen LogP contribution is 2.19. The Balaban J connectivity index is 1.78. The molecule has 0 aliphatic rings. The molecule has 2 aromatic carbocycles. The fourth-order valence-electron chi connectivity index (χ4n) is 2.17. The van der Waals surface area contributed by atoms with Gasteiger partial charge in [0.25, 0.3) is 0 Å². The van der Waals surface area contributed by atoms with Crippen molar-refractivity contribution in [3.05, 3.63) is 59.9 Å². The summed E-state index contributed by atoms with van der Waals surface area (Å²) in [5, 5.41) is 4.33. The lowest BCUT2D eigenvalue weighted by molar-refractivity contribution is -0.167. The normalized spacial score (nSPS) is 11.1. The minimum Gasteiger partial charge on any atom is -0.326 e. The highest BCUT2D eigenvalue weighted by atomic mass is 19.4. The van der Waals surface area contributed by atoms with Crippen molar-refractivity contribution in [2.24, 2.45) is 0 Å². The summed E-state index contributed by atoms with van der Waals surface area (Å²) < 4.78 is 49.3. The minimum absolute atomic E-state index is 0.0263. The number of aryl methyl sites for hydroxylation is 1. The molecule has 0 atom stereocenters. The standard InChI is InChI=1S/C18H16F4N2O2/c19-13-6-4-12(5-7-13)2-1-3-16(25)23-14-8-10-15(11-9-14)24-17(26)18(20,21)22/h4-11H,1-3H2,(H,23,25)(H,24,26). The van der Waals surface area contributed by atoms with Crippen molar-refractivity contribution in [2.75, 3.05) is 10.6 Å². The highest BCUT2D eigenvalue weighted by Gasteiger charge is 2.38.